The van der Waals surface area contributed by atoms with Gasteiger partial charge in [-0.1, -0.05) is 26.2 Å². The van der Waals surface area contributed by atoms with E-state index in [4.69, 9.17) is 20.1 Å². The summed E-state index contributed by atoms with van der Waals surface area (Å²) in [6.07, 6.45) is 2.95. The third-order valence-corrected chi connectivity index (χ3v) is 5.54. The number of unbranched alkanes of at least 4 members (excludes halogenated alkanes) is 2. The Balaban J connectivity index is 2.01. The van der Waals surface area contributed by atoms with Crippen molar-refractivity contribution in [3.05, 3.63) is 41.7 Å². The number of hydrogen-bond acceptors (Lipinski definition) is 8. The highest BCUT2D eigenvalue weighted by Crippen LogP contribution is 2.28. The van der Waals surface area contributed by atoms with Crippen LogP contribution in [0.1, 0.15) is 59.9 Å². The van der Waals surface area contributed by atoms with Crippen molar-refractivity contribution in [3.63, 3.8) is 0 Å². The van der Waals surface area contributed by atoms with Gasteiger partial charge in [0.2, 0.25) is 11.8 Å². The fourth-order valence-corrected chi connectivity index (χ4v) is 3.57. The smallest absolute Gasteiger partial charge is 0.288 e. The van der Waals surface area contributed by atoms with Crippen molar-refractivity contribution in [2.45, 2.75) is 39.0 Å². The average Bonchev–Trinajstić information content (AvgIpc) is 3.41. The molecule has 202 valence electrons. The number of methoxy groups -OCH3 is 1. The SMILES string of the molecule is CCCCC[C@H](CC(=O)NO)C(=O)NCNC(=O)c1ccc(-c2cc(OC)cc(C(=O)NCCN)c2)o1. The predicted octanol–water partition coefficient (Wildman–Crippen LogP) is 1.54. The molecule has 37 heavy (non-hydrogen) atoms. The molecule has 12 nitrogen and oxygen atoms in total. The van der Waals surface area contributed by atoms with Crippen LogP contribution < -0.4 is 31.9 Å². The summed E-state index contributed by atoms with van der Waals surface area (Å²) in [5.41, 5.74) is 7.85. The molecule has 0 aliphatic carbocycles. The number of rotatable bonds is 15. The van der Waals surface area contributed by atoms with Crippen LogP contribution in [0.25, 0.3) is 11.3 Å². The maximum absolute atomic E-state index is 12.5. The van der Waals surface area contributed by atoms with E-state index in [0.29, 0.717) is 42.1 Å². The van der Waals surface area contributed by atoms with Crippen LogP contribution in [0.15, 0.2) is 34.7 Å². The van der Waals surface area contributed by atoms with Gasteiger partial charge in [-0.15, -0.1) is 0 Å². The van der Waals surface area contributed by atoms with E-state index >= 15 is 0 Å². The highest BCUT2D eigenvalue weighted by Gasteiger charge is 2.22. The van der Waals surface area contributed by atoms with E-state index < -0.39 is 23.6 Å². The Labute approximate surface area is 215 Å². The molecule has 0 spiro atoms. The first-order chi connectivity index (χ1) is 17.8. The first-order valence-electron chi connectivity index (χ1n) is 12.1. The van der Waals surface area contributed by atoms with Crippen LogP contribution in [-0.2, 0) is 9.59 Å². The molecule has 2 aromatic rings. The van der Waals surface area contributed by atoms with Crippen LogP contribution in [0.3, 0.4) is 0 Å². The number of hydroxylamine groups is 1. The van der Waals surface area contributed by atoms with Gasteiger partial charge in [0.05, 0.1) is 13.8 Å². The third kappa shape index (κ3) is 9.24. The topological polar surface area (TPSA) is 185 Å². The Morgan fingerprint density at radius 1 is 1.05 bits per heavy atom. The lowest BCUT2D eigenvalue weighted by Crippen LogP contribution is -2.41. The van der Waals surface area contributed by atoms with Gasteiger partial charge in [0.25, 0.3) is 11.8 Å². The van der Waals surface area contributed by atoms with E-state index in [1.165, 1.54) is 13.2 Å². The average molecular weight is 518 g/mol. The van der Waals surface area contributed by atoms with Gasteiger partial charge in [0.15, 0.2) is 5.76 Å². The van der Waals surface area contributed by atoms with Gasteiger partial charge < -0.3 is 30.8 Å². The normalized spacial score (nSPS) is 11.4. The van der Waals surface area contributed by atoms with Gasteiger partial charge in [-0.2, -0.15) is 0 Å². The largest absolute Gasteiger partial charge is 0.497 e. The van der Waals surface area contributed by atoms with Gasteiger partial charge in [0, 0.05) is 36.6 Å². The second-order valence-electron chi connectivity index (χ2n) is 8.31. The molecular weight excluding hydrogens is 482 g/mol. The number of hydrogen-bond donors (Lipinski definition) is 6. The molecule has 7 N–H and O–H groups in total. The van der Waals surface area contributed by atoms with E-state index in [1.54, 1.807) is 29.7 Å². The van der Waals surface area contributed by atoms with Crippen molar-refractivity contribution in [3.8, 4) is 17.1 Å². The van der Waals surface area contributed by atoms with Gasteiger partial charge in [-0.3, -0.25) is 24.4 Å². The van der Waals surface area contributed by atoms with Crippen molar-refractivity contribution in [1.82, 2.24) is 21.4 Å². The summed E-state index contributed by atoms with van der Waals surface area (Å²) in [5, 5.41) is 16.6. The second kappa shape index (κ2) is 15.3. The highest BCUT2D eigenvalue weighted by atomic mass is 16.5. The molecule has 1 aromatic carbocycles. The van der Waals surface area contributed by atoms with Crippen molar-refractivity contribution in [2.24, 2.45) is 11.7 Å². The van der Waals surface area contributed by atoms with Crippen molar-refractivity contribution in [2.75, 3.05) is 26.9 Å². The molecule has 0 aliphatic heterocycles. The van der Waals surface area contributed by atoms with Crippen LogP contribution in [0, 0.1) is 5.92 Å². The number of ether oxygens (including phenoxy) is 1. The minimum absolute atomic E-state index is 0.000330. The van der Waals surface area contributed by atoms with E-state index in [9.17, 15) is 19.2 Å². The van der Waals surface area contributed by atoms with Crippen molar-refractivity contribution >= 4 is 23.6 Å². The Morgan fingerprint density at radius 2 is 1.84 bits per heavy atom. The van der Waals surface area contributed by atoms with Crippen LogP contribution in [0.5, 0.6) is 5.75 Å². The monoisotopic (exact) mass is 517 g/mol. The predicted molar refractivity (Wildman–Crippen MR) is 135 cm³/mol. The Morgan fingerprint density at radius 3 is 2.51 bits per heavy atom. The summed E-state index contributed by atoms with van der Waals surface area (Å²) < 4.78 is 10.9. The number of benzene rings is 1. The molecule has 0 unspecified atom stereocenters. The lowest BCUT2D eigenvalue weighted by Gasteiger charge is -2.16. The quantitative estimate of drug-likeness (QED) is 0.0889. The number of nitrogens with one attached hydrogen (secondary N) is 4. The molecule has 0 radical (unpaired) electrons. The number of amides is 4. The molecule has 1 heterocycles. The minimum atomic E-state index is -0.652. The molecule has 2 rings (SSSR count). The fraction of sp³-hybridized carbons (Fsp3) is 0.440. The maximum Gasteiger partial charge on any atom is 0.288 e. The molecule has 0 saturated carbocycles. The van der Waals surface area contributed by atoms with E-state index in [2.05, 4.69) is 16.0 Å². The van der Waals surface area contributed by atoms with E-state index in [-0.39, 0.29) is 24.8 Å². The summed E-state index contributed by atoms with van der Waals surface area (Å²) in [4.78, 5) is 48.9. The zero-order chi connectivity index (χ0) is 27.2. The molecule has 12 heteroatoms. The highest BCUT2D eigenvalue weighted by molar-refractivity contribution is 5.96. The van der Waals surface area contributed by atoms with Gasteiger partial charge in [0.1, 0.15) is 11.5 Å². The van der Waals surface area contributed by atoms with Gasteiger partial charge in [-0.25, -0.2) is 5.48 Å². The molecule has 0 saturated heterocycles. The second-order valence-corrected chi connectivity index (χ2v) is 8.31. The van der Waals surface area contributed by atoms with Crippen LogP contribution >= 0.6 is 0 Å². The summed E-state index contributed by atoms with van der Waals surface area (Å²) >= 11 is 0. The minimum Gasteiger partial charge on any atom is -0.497 e. The van der Waals surface area contributed by atoms with Crippen molar-refractivity contribution in [1.29, 1.82) is 0 Å². The number of carbonyl (C=O) groups excluding carboxylic acids is 4. The molecule has 0 fully saturated rings. The molecular formula is C25H35N5O7. The van der Waals surface area contributed by atoms with Crippen molar-refractivity contribution < 1.29 is 33.5 Å². The fourth-order valence-electron chi connectivity index (χ4n) is 3.57. The first kappa shape index (κ1) is 29.3. The standard InChI is InChI=1S/C25H35N5O7/c1-3-4-5-6-16(14-22(31)30-35)23(32)28-15-29-25(34)21-8-7-20(37-21)17-11-18(13-19(12-17)36-2)24(33)27-10-9-26/h7-8,11-13,16,35H,3-6,9-10,14-15,26H2,1-2H3,(H,27,33)(H,28,32)(H,29,34)(H,30,31)/t16-/m1/s1. The third-order valence-electron chi connectivity index (χ3n) is 5.54. The first-order valence-corrected chi connectivity index (χ1v) is 12.1. The maximum atomic E-state index is 12.5. The number of carbonyl (C=O) groups is 4. The van der Waals surface area contributed by atoms with Crippen LogP contribution in [0.2, 0.25) is 0 Å². The zero-order valence-corrected chi connectivity index (χ0v) is 21.1. The zero-order valence-electron chi connectivity index (χ0n) is 21.1. The molecule has 0 aliphatic rings. The van der Waals surface area contributed by atoms with E-state index in [0.717, 1.165) is 19.3 Å². The lowest BCUT2D eigenvalue weighted by molar-refractivity contribution is -0.135. The number of furan rings is 1. The number of nitrogens with two attached hydrogens (primary N) is 1. The Bertz CT molecular complexity index is 1070. The van der Waals surface area contributed by atoms with Gasteiger partial charge in [-0.05, 0) is 36.8 Å². The molecule has 4 amide bonds. The molecule has 1 aromatic heterocycles. The summed E-state index contributed by atoms with van der Waals surface area (Å²) in [6.45, 7) is 2.47. The molecule has 1 atom stereocenters. The lowest BCUT2D eigenvalue weighted by atomic mass is 9.96. The Hall–Kier alpha value is -3.90. The van der Waals surface area contributed by atoms with Gasteiger partial charge >= 0.3 is 0 Å². The summed E-state index contributed by atoms with van der Waals surface area (Å²) in [7, 11) is 1.47. The molecule has 0 bridgehead atoms. The summed E-state index contributed by atoms with van der Waals surface area (Å²) in [5.74, 6) is -1.80. The summed E-state index contributed by atoms with van der Waals surface area (Å²) in [6, 6.07) is 7.91. The van der Waals surface area contributed by atoms with Crippen LogP contribution in [0.4, 0.5) is 0 Å². The van der Waals surface area contributed by atoms with Crippen LogP contribution in [-0.4, -0.2) is 55.7 Å². The van der Waals surface area contributed by atoms with E-state index in [1.807, 2.05) is 6.92 Å². The Kier molecular flexibility index (Phi) is 12.1.